The maximum atomic E-state index is 12.1. The van der Waals surface area contributed by atoms with Crippen LogP contribution in [0.2, 0.25) is 5.02 Å². The van der Waals surface area contributed by atoms with Crippen LogP contribution in [0.4, 0.5) is 0 Å². The van der Waals surface area contributed by atoms with Crippen LogP contribution in [0.15, 0.2) is 48.5 Å². The predicted octanol–water partition coefficient (Wildman–Crippen LogP) is 4.13. The Labute approximate surface area is 133 Å². The maximum absolute atomic E-state index is 12.1. The van der Waals surface area contributed by atoms with Crippen molar-refractivity contribution in [2.75, 3.05) is 6.61 Å². The van der Waals surface area contributed by atoms with Gasteiger partial charge in [0.25, 0.3) is 0 Å². The molecular formula is C17H15ClO4. The summed E-state index contributed by atoms with van der Waals surface area (Å²) < 4.78 is 10.3. The molecule has 0 aliphatic rings. The molecule has 0 spiro atoms. The lowest BCUT2D eigenvalue weighted by atomic mass is 10.1. The Morgan fingerprint density at radius 1 is 1.00 bits per heavy atom. The standard InChI is InChI=1S/C17H15ClO4/c1-2-10-21-16(19)12-4-3-5-13(11-12)17(20)22-15-8-6-14(18)7-9-15/h3-9,11H,2,10H2,1H3. The second kappa shape index (κ2) is 7.61. The summed E-state index contributed by atoms with van der Waals surface area (Å²) in [5.41, 5.74) is 0.597. The first-order valence-corrected chi connectivity index (χ1v) is 7.23. The topological polar surface area (TPSA) is 52.6 Å². The van der Waals surface area contributed by atoms with Gasteiger partial charge in [-0.25, -0.2) is 9.59 Å². The Bertz CT molecular complexity index is 665. The van der Waals surface area contributed by atoms with Gasteiger partial charge in [0.2, 0.25) is 0 Å². The second-order valence-corrected chi connectivity index (χ2v) is 5.00. The lowest BCUT2D eigenvalue weighted by Gasteiger charge is -2.06. The molecule has 5 heteroatoms. The minimum atomic E-state index is -0.549. The Morgan fingerprint density at radius 3 is 2.27 bits per heavy atom. The van der Waals surface area contributed by atoms with Crippen LogP contribution in [0.25, 0.3) is 0 Å². The number of carbonyl (C=O) groups is 2. The molecule has 0 saturated heterocycles. The number of hydrogen-bond donors (Lipinski definition) is 0. The molecule has 0 saturated carbocycles. The molecule has 0 aliphatic carbocycles. The van der Waals surface area contributed by atoms with E-state index in [0.29, 0.717) is 22.9 Å². The van der Waals surface area contributed by atoms with Crippen molar-refractivity contribution in [2.24, 2.45) is 0 Å². The fourth-order valence-corrected chi connectivity index (χ4v) is 1.85. The number of carbonyl (C=O) groups excluding carboxylic acids is 2. The molecule has 2 aromatic rings. The van der Waals surface area contributed by atoms with Gasteiger partial charge in [0.15, 0.2) is 0 Å². The average molecular weight is 319 g/mol. The van der Waals surface area contributed by atoms with Crippen LogP contribution in [0.3, 0.4) is 0 Å². The van der Waals surface area contributed by atoms with Crippen molar-refractivity contribution in [2.45, 2.75) is 13.3 Å². The van der Waals surface area contributed by atoms with Gasteiger partial charge in [0.1, 0.15) is 5.75 Å². The molecule has 0 amide bonds. The van der Waals surface area contributed by atoms with E-state index in [1.165, 1.54) is 6.07 Å². The molecule has 0 radical (unpaired) electrons. The lowest BCUT2D eigenvalue weighted by molar-refractivity contribution is 0.0505. The summed E-state index contributed by atoms with van der Waals surface area (Å²) in [5.74, 6) is -0.621. The van der Waals surface area contributed by atoms with Crippen molar-refractivity contribution in [3.63, 3.8) is 0 Å². The van der Waals surface area contributed by atoms with E-state index in [-0.39, 0.29) is 5.56 Å². The summed E-state index contributed by atoms with van der Waals surface area (Å²) in [5, 5.41) is 0.556. The van der Waals surface area contributed by atoms with Gasteiger partial charge in [-0.3, -0.25) is 0 Å². The van der Waals surface area contributed by atoms with Crippen LogP contribution in [0.5, 0.6) is 5.75 Å². The van der Waals surface area contributed by atoms with E-state index >= 15 is 0 Å². The molecule has 0 aliphatic heterocycles. The normalized spacial score (nSPS) is 10.1. The molecule has 0 unspecified atom stereocenters. The smallest absolute Gasteiger partial charge is 0.343 e. The van der Waals surface area contributed by atoms with Gasteiger partial charge in [-0.2, -0.15) is 0 Å². The first-order valence-electron chi connectivity index (χ1n) is 6.85. The summed E-state index contributed by atoms with van der Waals surface area (Å²) in [4.78, 5) is 23.9. The van der Waals surface area contributed by atoms with Gasteiger partial charge in [0.05, 0.1) is 17.7 Å². The molecule has 0 bridgehead atoms. The monoisotopic (exact) mass is 318 g/mol. The van der Waals surface area contributed by atoms with Crippen LogP contribution in [-0.4, -0.2) is 18.5 Å². The molecule has 0 N–H and O–H groups in total. The van der Waals surface area contributed by atoms with Crippen molar-refractivity contribution in [3.05, 3.63) is 64.7 Å². The Hall–Kier alpha value is -2.33. The van der Waals surface area contributed by atoms with Crippen molar-refractivity contribution < 1.29 is 19.1 Å². The first-order chi connectivity index (χ1) is 10.6. The van der Waals surface area contributed by atoms with E-state index in [1.54, 1.807) is 42.5 Å². The molecule has 0 aromatic heterocycles. The number of rotatable bonds is 5. The summed E-state index contributed by atoms with van der Waals surface area (Å²) in [7, 11) is 0. The highest BCUT2D eigenvalue weighted by molar-refractivity contribution is 6.30. The molecule has 4 nitrogen and oxygen atoms in total. The van der Waals surface area contributed by atoms with Crippen LogP contribution in [0, 0.1) is 0 Å². The van der Waals surface area contributed by atoms with E-state index < -0.39 is 11.9 Å². The minimum Gasteiger partial charge on any atom is -0.462 e. The van der Waals surface area contributed by atoms with Crippen LogP contribution in [-0.2, 0) is 4.74 Å². The molecule has 0 atom stereocenters. The third-order valence-corrected chi connectivity index (χ3v) is 3.05. The third kappa shape index (κ3) is 4.33. The van der Waals surface area contributed by atoms with E-state index in [4.69, 9.17) is 21.1 Å². The zero-order chi connectivity index (χ0) is 15.9. The molecule has 114 valence electrons. The highest BCUT2D eigenvalue weighted by atomic mass is 35.5. The van der Waals surface area contributed by atoms with E-state index in [9.17, 15) is 9.59 Å². The SMILES string of the molecule is CCCOC(=O)c1cccc(C(=O)Oc2ccc(Cl)cc2)c1. The fraction of sp³-hybridized carbons (Fsp3) is 0.176. The van der Waals surface area contributed by atoms with Gasteiger partial charge >= 0.3 is 11.9 Å². The number of benzene rings is 2. The van der Waals surface area contributed by atoms with Crippen LogP contribution in [0.1, 0.15) is 34.1 Å². The largest absolute Gasteiger partial charge is 0.462 e. The predicted molar refractivity (Wildman–Crippen MR) is 83.4 cm³/mol. The Balaban J connectivity index is 2.09. The van der Waals surface area contributed by atoms with E-state index in [0.717, 1.165) is 6.42 Å². The van der Waals surface area contributed by atoms with Crippen LogP contribution >= 0.6 is 11.6 Å². The maximum Gasteiger partial charge on any atom is 0.343 e. The molecule has 0 heterocycles. The van der Waals surface area contributed by atoms with Crippen molar-refractivity contribution in [1.29, 1.82) is 0 Å². The van der Waals surface area contributed by atoms with Gasteiger partial charge < -0.3 is 9.47 Å². The van der Waals surface area contributed by atoms with Crippen LogP contribution < -0.4 is 4.74 Å². The van der Waals surface area contributed by atoms with Crippen molar-refractivity contribution >= 4 is 23.5 Å². The summed E-state index contributed by atoms with van der Waals surface area (Å²) in [6.45, 7) is 2.26. The Morgan fingerprint density at radius 2 is 1.64 bits per heavy atom. The summed E-state index contributed by atoms with van der Waals surface area (Å²) in [6, 6.07) is 12.7. The van der Waals surface area contributed by atoms with Gasteiger partial charge in [-0.15, -0.1) is 0 Å². The molecule has 0 fully saturated rings. The van der Waals surface area contributed by atoms with Crippen molar-refractivity contribution in [1.82, 2.24) is 0 Å². The number of hydrogen-bond acceptors (Lipinski definition) is 4. The van der Waals surface area contributed by atoms with E-state index in [1.807, 2.05) is 6.92 Å². The van der Waals surface area contributed by atoms with E-state index in [2.05, 4.69) is 0 Å². The second-order valence-electron chi connectivity index (χ2n) is 4.56. The zero-order valence-electron chi connectivity index (χ0n) is 12.0. The average Bonchev–Trinajstić information content (AvgIpc) is 2.54. The molecule has 22 heavy (non-hydrogen) atoms. The molecular weight excluding hydrogens is 304 g/mol. The van der Waals surface area contributed by atoms with Gasteiger partial charge in [-0.05, 0) is 48.9 Å². The zero-order valence-corrected chi connectivity index (χ0v) is 12.8. The van der Waals surface area contributed by atoms with Gasteiger partial charge in [0, 0.05) is 5.02 Å². The number of esters is 2. The third-order valence-electron chi connectivity index (χ3n) is 2.80. The minimum absolute atomic E-state index is 0.279. The lowest BCUT2D eigenvalue weighted by Crippen LogP contribution is -2.11. The quantitative estimate of drug-likeness (QED) is 0.614. The molecule has 2 aromatic carbocycles. The van der Waals surface area contributed by atoms with Crippen molar-refractivity contribution in [3.8, 4) is 5.75 Å². The molecule has 2 rings (SSSR count). The Kier molecular flexibility index (Phi) is 5.55. The first kappa shape index (κ1) is 16.0. The number of halogens is 1. The highest BCUT2D eigenvalue weighted by Gasteiger charge is 2.13. The summed E-state index contributed by atoms with van der Waals surface area (Å²) >= 11 is 5.77. The fourth-order valence-electron chi connectivity index (χ4n) is 1.72. The number of ether oxygens (including phenoxy) is 2. The van der Waals surface area contributed by atoms with Gasteiger partial charge in [-0.1, -0.05) is 24.6 Å². The summed E-state index contributed by atoms with van der Waals surface area (Å²) in [6.07, 6.45) is 0.740. The highest BCUT2D eigenvalue weighted by Crippen LogP contribution is 2.17.